The highest BCUT2D eigenvalue weighted by Crippen LogP contribution is 2.32. The summed E-state index contributed by atoms with van der Waals surface area (Å²) in [5.41, 5.74) is 10.8. The van der Waals surface area contributed by atoms with E-state index in [0.29, 0.717) is 16.2 Å². The van der Waals surface area contributed by atoms with E-state index in [9.17, 15) is 18.0 Å². The van der Waals surface area contributed by atoms with E-state index in [0.717, 1.165) is 11.3 Å². The van der Waals surface area contributed by atoms with Gasteiger partial charge in [-0.2, -0.15) is 27.0 Å². The van der Waals surface area contributed by atoms with Gasteiger partial charge < -0.3 is 21.6 Å². The zero-order chi connectivity index (χ0) is 25.3. The summed E-state index contributed by atoms with van der Waals surface area (Å²) in [5, 5.41) is 15.8. The second-order valence-electron chi connectivity index (χ2n) is 7.59. The van der Waals surface area contributed by atoms with Crippen LogP contribution in [0.1, 0.15) is 30.7 Å². The number of hydrogen-bond acceptors (Lipinski definition) is 11. The van der Waals surface area contributed by atoms with Gasteiger partial charge in [0.25, 0.3) is 11.8 Å². The minimum atomic E-state index is -4.94. The van der Waals surface area contributed by atoms with Crippen LogP contribution < -0.4 is 16.8 Å². The van der Waals surface area contributed by atoms with Crippen molar-refractivity contribution in [3.8, 4) is 0 Å². The Morgan fingerprint density at radius 1 is 1.37 bits per heavy atom. The van der Waals surface area contributed by atoms with Crippen LogP contribution in [0.2, 0.25) is 0 Å². The van der Waals surface area contributed by atoms with Crippen molar-refractivity contribution in [2.75, 3.05) is 5.73 Å². The SMILES string of the molecule is CC1(C)[C@H](NC(=O)/C(=N\OCc2ccc(C(=N)N)cc2)c2csc(N)n2)C(=O)N1OS(=O)(=O)O.S. The van der Waals surface area contributed by atoms with E-state index in [2.05, 4.69) is 19.7 Å². The number of carbonyl (C=O) groups is 2. The van der Waals surface area contributed by atoms with Gasteiger partial charge >= 0.3 is 10.4 Å². The molecule has 1 saturated heterocycles. The molecule has 1 aliphatic rings. The third-order valence-corrected chi connectivity index (χ3v) is 5.76. The number of hydroxylamine groups is 2. The summed E-state index contributed by atoms with van der Waals surface area (Å²) in [7, 11) is -4.94. The number of nitrogen functional groups attached to an aromatic ring is 2. The number of β-lactam (4-membered cyclic amide) rings is 1. The lowest BCUT2D eigenvalue weighted by atomic mass is 9.84. The smallest absolute Gasteiger partial charge is 0.390 e. The van der Waals surface area contributed by atoms with Crippen LogP contribution in [0.4, 0.5) is 5.13 Å². The van der Waals surface area contributed by atoms with E-state index < -0.39 is 33.8 Å². The number of nitrogens with two attached hydrogens (primary N) is 2. The lowest BCUT2D eigenvalue weighted by Crippen LogP contribution is -2.76. The van der Waals surface area contributed by atoms with Crippen LogP contribution in [-0.4, -0.2) is 58.0 Å². The maximum absolute atomic E-state index is 12.9. The molecule has 1 aromatic carbocycles. The summed E-state index contributed by atoms with van der Waals surface area (Å²) in [4.78, 5) is 34.6. The van der Waals surface area contributed by atoms with Crippen molar-refractivity contribution >= 4 is 63.7 Å². The number of thiazole rings is 1. The fraction of sp³-hybridized carbons (Fsp3) is 0.278. The van der Waals surface area contributed by atoms with Crippen molar-refractivity contribution in [2.24, 2.45) is 10.9 Å². The molecule has 17 heteroatoms. The van der Waals surface area contributed by atoms with Crippen molar-refractivity contribution in [3.05, 3.63) is 46.5 Å². The average Bonchev–Trinajstić information content (AvgIpc) is 3.18. The third kappa shape index (κ3) is 6.45. The van der Waals surface area contributed by atoms with Gasteiger partial charge in [0.15, 0.2) is 10.8 Å². The van der Waals surface area contributed by atoms with Gasteiger partial charge in [-0.15, -0.1) is 15.6 Å². The molecular weight excluding hydrogens is 522 g/mol. The van der Waals surface area contributed by atoms with Gasteiger partial charge in [-0.3, -0.25) is 19.6 Å². The molecule has 0 aliphatic carbocycles. The number of aromatic nitrogens is 1. The molecule has 2 amide bonds. The van der Waals surface area contributed by atoms with Gasteiger partial charge in [0.05, 0.1) is 5.54 Å². The van der Waals surface area contributed by atoms with Crippen LogP contribution in [0.15, 0.2) is 34.8 Å². The predicted octanol–water partition coefficient (Wildman–Crippen LogP) is -0.117. The van der Waals surface area contributed by atoms with Crippen LogP contribution in [0, 0.1) is 5.41 Å². The number of hydrogen-bond donors (Lipinski definition) is 5. The van der Waals surface area contributed by atoms with Crippen molar-refractivity contribution < 1.29 is 31.7 Å². The standard InChI is InChI=1S/C18H21N7O7S2.H2S/c1-18(2)13(16(27)25(18)32-34(28,29)30)23-15(26)12(11-8-33-17(21)22-11)24-31-7-9-3-5-10(6-4-9)14(19)20;/h3-6,8,13H,7H2,1-2H3,(H3,19,20)(H2,21,22)(H,23,26)(H,28,29,30);1H2/b24-12-;/t13-;/m1./s1. The first-order valence-electron chi connectivity index (χ1n) is 9.46. The van der Waals surface area contributed by atoms with Crippen LogP contribution in [0.5, 0.6) is 0 Å². The molecule has 1 aliphatic heterocycles. The van der Waals surface area contributed by atoms with Crippen LogP contribution >= 0.6 is 24.8 Å². The Bertz CT molecular complexity index is 1260. The summed E-state index contributed by atoms with van der Waals surface area (Å²) in [5.74, 6) is -1.82. The third-order valence-electron chi connectivity index (χ3n) is 4.75. The largest absolute Gasteiger partial charge is 0.418 e. The molecule has 2 aromatic rings. The predicted molar refractivity (Wildman–Crippen MR) is 131 cm³/mol. The monoisotopic (exact) mass is 545 g/mol. The maximum Gasteiger partial charge on any atom is 0.418 e. The fourth-order valence-corrected chi connectivity index (χ4v) is 3.97. The van der Waals surface area contributed by atoms with E-state index in [1.165, 1.54) is 19.2 Å². The van der Waals surface area contributed by atoms with E-state index in [4.69, 9.17) is 26.3 Å². The maximum atomic E-state index is 12.9. The Kier molecular flexibility index (Phi) is 8.45. The Hall–Kier alpha value is -3.25. The minimum Gasteiger partial charge on any atom is -0.390 e. The zero-order valence-electron chi connectivity index (χ0n) is 18.4. The molecule has 0 saturated carbocycles. The molecule has 1 fully saturated rings. The number of amides is 2. The topological polar surface area (TPSA) is 223 Å². The Balaban J connectivity index is 0.00000432. The van der Waals surface area contributed by atoms with Crippen LogP contribution in [0.3, 0.4) is 0 Å². The molecule has 1 aromatic heterocycles. The Labute approximate surface area is 211 Å². The molecule has 3 rings (SSSR count). The molecular formula is C18H23N7O7S3. The van der Waals surface area contributed by atoms with Gasteiger partial charge in [0.1, 0.15) is 24.2 Å². The number of nitrogens with zero attached hydrogens (tertiary/aromatic N) is 3. The number of carbonyl (C=O) groups excluding carboxylic acids is 2. The number of oxime groups is 1. The highest BCUT2D eigenvalue weighted by molar-refractivity contribution is 7.80. The minimum absolute atomic E-state index is 0. The summed E-state index contributed by atoms with van der Waals surface area (Å²) >= 11 is 1.06. The normalized spacial score (nSPS) is 17.2. The lowest BCUT2D eigenvalue weighted by Gasteiger charge is -2.50. The van der Waals surface area contributed by atoms with E-state index >= 15 is 0 Å². The van der Waals surface area contributed by atoms with Gasteiger partial charge in [-0.25, -0.2) is 4.98 Å². The Morgan fingerprint density at radius 2 is 2.00 bits per heavy atom. The molecule has 35 heavy (non-hydrogen) atoms. The quantitative estimate of drug-likeness (QED) is 0.0923. The van der Waals surface area contributed by atoms with Crippen LogP contribution in [-0.2, 0) is 35.7 Å². The molecule has 7 N–H and O–H groups in total. The molecule has 0 radical (unpaired) electrons. The number of anilines is 1. The van der Waals surface area contributed by atoms with Gasteiger partial charge in [0, 0.05) is 10.9 Å². The molecule has 190 valence electrons. The van der Waals surface area contributed by atoms with Gasteiger partial charge in [0.2, 0.25) is 0 Å². The molecule has 0 bridgehead atoms. The van der Waals surface area contributed by atoms with E-state index in [1.807, 2.05) is 0 Å². The molecule has 14 nitrogen and oxygen atoms in total. The highest BCUT2D eigenvalue weighted by Gasteiger charge is 2.58. The zero-order valence-corrected chi connectivity index (χ0v) is 21.0. The lowest BCUT2D eigenvalue weighted by molar-refractivity contribution is -0.218. The highest BCUT2D eigenvalue weighted by atomic mass is 32.3. The van der Waals surface area contributed by atoms with E-state index in [-0.39, 0.29) is 42.5 Å². The first kappa shape index (κ1) is 28.0. The van der Waals surface area contributed by atoms with Crippen LogP contribution in [0.25, 0.3) is 0 Å². The van der Waals surface area contributed by atoms with Gasteiger partial charge in [-0.1, -0.05) is 29.4 Å². The number of benzene rings is 1. The van der Waals surface area contributed by atoms with Crippen molar-refractivity contribution in [1.29, 1.82) is 5.41 Å². The second kappa shape index (κ2) is 10.6. The summed E-state index contributed by atoms with van der Waals surface area (Å²) < 4.78 is 35.0. The first-order chi connectivity index (χ1) is 15.8. The number of amidine groups is 1. The molecule has 0 spiro atoms. The summed E-state index contributed by atoms with van der Waals surface area (Å²) in [6.07, 6.45) is 0. The number of nitrogens with one attached hydrogen (secondary N) is 2. The molecule has 1 atom stereocenters. The first-order valence-corrected chi connectivity index (χ1v) is 11.7. The summed E-state index contributed by atoms with van der Waals surface area (Å²) in [6.45, 7) is 2.81. The number of rotatable bonds is 9. The average molecular weight is 546 g/mol. The van der Waals surface area contributed by atoms with Crippen molar-refractivity contribution in [1.82, 2.24) is 15.4 Å². The van der Waals surface area contributed by atoms with E-state index in [1.54, 1.807) is 24.3 Å². The van der Waals surface area contributed by atoms with Crippen molar-refractivity contribution in [2.45, 2.75) is 32.0 Å². The molecule has 0 unspecified atom stereocenters. The fourth-order valence-electron chi connectivity index (χ4n) is 2.97. The van der Waals surface area contributed by atoms with Gasteiger partial charge in [-0.05, 0) is 19.4 Å². The van der Waals surface area contributed by atoms with Crippen molar-refractivity contribution in [3.63, 3.8) is 0 Å². The summed E-state index contributed by atoms with van der Waals surface area (Å²) in [6, 6.07) is 5.41. The Morgan fingerprint density at radius 3 is 2.49 bits per heavy atom. The second-order valence-corrected chi connectivity index (χ2v) is 9.48. The molecule has 2 heterocycles.